The van der Waals surface area contributed by atoms with Crippen LogP contribution in [-0.4, -0.2) is 32.7 Å². The van der Waals surface area contributed by atoms with Gasteiger partial charge in [0.1, 0.15) is 0 Å². The number of nitrogens with zero attached hydrogens (tertiary/aromatic N) is 2. The lowest BCUT2D eigenvalue weighted by Gasteiger charge is -2.22. The summed E-state index contributed by atoms with van der Waals surface area (Å²) in [6.07, 6.45) is 2.58. The molecule has 0 radical (unpaired) electrons. The van der Waals surface area contributed by atoms with E-state index in [1.54, 1.807) is 0 Å². The molecule has 0 spiro atoms. The van der Waals surface area contributed by atoms with E-state index in [2.05, 4.69) is 76.0 Å². The fourth-order valence-corrected chi connectivity index (χ4v) is 3.71. The predicted octanol–water partition coefficient (Wildman–Crippen LogP) is 4.25. The number of rotatable bonds is 8. The molecule has 29 heavy (non-hydrogen) atoms. The third kappa shape index (κ3) is 5.97. The summed E-state index contributed by atoms with van der Waals surface area (Å²) in [6, 6.07) is 17.4. The predicted molar refractivity (Wildman–Crippen MR) is 121 cm³/mol. The topological polar surface area (TPSA) is 48.9 Å². The fraction of sp³-hybridized carbons (Fsp3) is 0.458. The van der Waals surface area contributed by atoms with Gasteiger partial charge in [0.2, 0.25) is 0 Å². The molecule has 5 nitrogen and oxygen atoms in total. The number of aliphatic imine (C=N–C) groups is 1. The Kier molecular flexibility index (Phi) is 7.94. The molecule has 1 heterocycles. The Morgan fingerprint density at radius 2 is 1.86 bits per heavy atom. The van der Waals surface area contributed by atoms with Crippen LogP contribution < -0.4 is 15.5 Å². The van der Waals surface area contributed by atoms with Gasteiger partial charge in [0, 0.05) is 39.0 Å². The Hall–Kier alpha value is -2.53. The average Bonchev–Trinajstić information content (AvgIpc) is 3.30. The minimum atomic E-state index is 0.169. The van der Waals surface area contributed by atoms with Crippen molar-refractivity contribution < 1.29 is 4.74 Å². The maximum Gasteiger partial charge on any atom is 0.191 e. The van der Waals surface area contributed by atoms with Crippen molar-refractivity contribution in [2.24, 2.45) is 4.99 Å². The van der Waals surface area contributed by atoms with Gasteiger partial charge >= 0.3 is 0 Å². The smallest absolute Gasteiger partial charge is 0.191 e. The van der Waals surface area contributed by atoms with Gasteiger partial charge in [-0.05, 0) is 55.5 Å². The summed E-state index contributed by atoms with van der Waals surface area (Å²) in [6.45, 7) is 8.60. The average molecular weight is 395 g/mol. The van der Waals surface area contributed by atoms with Crippen LogP contribution in [0.1, 0.15) is 49.4 Å². The first-order valence-corrected chi connectivity index (χ1v) is 10.7. The first-order chi connectivity index (χ1) is 14.2. The quantitative estimate of drug-likeness (QED) is 0.519. The molecule has 1 unspecified atom stereocenters. The zero-order chi connectivity index (χ0) is 20.5. The summed E-state index contributed by atoms with van der Waals surface area (Å²) >= 11 is 0. The van der Waals surface area contributed by atoms with Crippen molar-refractivity contribution in [3.05, 3.63) is 65.2 Å². The Morgan fingerprint density at radius 3 is 2.59 bits per heavy atom. The number of hydrogen-bond acceptors (Lipinski definition) is 3. The van der Waals surface area contributed by atoms with Crippen molar-refractivity contribution >= 4 is 11.6 Å². The van der Waals surface area contributed by atoms with E-state index in [9.17, 15) is 0 Å². The molecule has 0 bridgehead atoms. The SMILES string of the molecule is CCOCc1ccccc1CNC(=NC)NC(C)c1cccc(N2CCCC2)c1. The van der Waals surface area contributed by atoms with Gasteiger partial charge in [0.05, 0.1) is 12.6 Å². The molecular weight excluding hydrogens is 360 g/mol. The van der Waals surface area contributed by atoms with Gasteiger partial charge in [-0.25, -0.2) is 0 Å². The van der Waals surface area contributed by atoms with Crippen molar-refractivity contribution in [2.75, 3.05) is 31.6 Å². The van der Waals surface area contributed by atoms with Crippen LogP contribution in [0.5, 0.6) is 0 Å². The van der Waals surface area contributed by atoms with Crippen LogP contribution in [0.3, 0.4) is 0 Å². The van der Waals surface area contributed by atoms with E-state index in [1.165, 1.54) is 35.2 Å². The lowest BCUT2D eigenvalue weighted by Crippen LogP contribution is -2.38. The van der Waals surface area contributed by atoms with Crippen molar-refractivity contribution in [2.45, 2.75) is 45.9 Å². The highest BCUT2D eigenvalue weighted by atomic mass is 16.5. The normalized spacial score (nSPS) is 15.4. The van der Waals surface area contributed by atoms with Crippen molar-refractivity contribution in [1.29, 1.82) is 0 Å². The number of ether oxygens (including phenoxy) is 1. The number of benzene rings is 2. The van der Waals surface area contributed by atoms with Crippen molar-refractivity contribution in [3.63, 3.8) is 0 Å². The molecule has 0 aromatic heterocycles. The maximum absolute atomic E-state index is 5.59. The standard InChI is InChI=1S/C24H34N4O/c1-4-29-18-22-11-6-5-10-21(22)17-26-24(25-3)27-19(2)20-12-9-13-23(16-20)28-14-7-8-15-28/h5-6,9-13,16,19H,4,7-8,14-15,17-18H2,1-3H3,(H2,25,26,27). The second kappa shape index (κ2) is 10.9. The monoisotopic (exact) mass is 394 g/mol. The third-order valence-electron chi connectivity index (χ3n) is 5.44. The molecule has 0 saturated carbocycles. The van der Waals surface area contributed by atoms with E-state index in [4.69, 9.17) is 4.74 Å². The van der Waals surface area contributed by atoms with E-state index >= 15 is 0 Å². The second-order valence-electron chi connectivity index (χ2n) is 7.49. The number of anilines is 1. The van der Waals surface area contributed by atoms with Gasteiger partial charge < -0.3 is 20.3 Å². The largest absolute Gasteiger partial charge is 0.377 e. The fourth-order valence-electron chi connectivity index (χ4n) is 3.71. The van der Waals surface area contributed by atoms with Gasteiger partial charge in [0.25, 0.3) is 0 Å². The van der Waals surface area contributed by atoms with Crippen LogP contribution in [0, 0.1) is 0 Å². The van der Waals surface area contributed by atoms with Gasteiger partial charge in [-0.15, -0.1) is 0 Å². The summed E-state index contributed by atoms with van der Waals surface area (Å²) in [5, 5.41) is 6.97. The highest BCUT2D eigenvalue weighted by molar-refractivity contribution is 5.80. The van der Waals surface area contributed by atoms with Crippen LogP contribution in [0.25, 0.3) is 0 Å². The summed E-state index contributed by atoms with van der Waals surface area (Å²) < 4.78 is 5.59. The molecule has 1 aliphatic rings. The van der Waals surface area contributed by atoms with E-state index in [0.717, 1.165) is 25.7 Å². The molecule has 0 aliphatic carbocycles. The van der Waals surface area contributed by atoms with Crippen LogP contribution in [0.4, 0.5) is 5.69 Å². The molecule has 2 aromatic carbocycles. The first kappa shape index (κ1) is 21.2. The third-order valence-corrected chi connectivity index (χ3v) is 5.44. The molecule has 1 atom stereocenters. The molecule has 1 aliphatic heterocycles. The van der Waals surface area contributed by atoms with Crippen molar-refractivity contribution in [1.82, 2.24) is 10.6 Å². The number of nitrogens with one attached hydrogen (secondary N) is 2. The van der Waals surface area contributed by atoms with Crippen LogP contribution in [0.15, 0.2) is 53.5 Å². The second-order valence-corrected chi connectivity index (χ2v) is 7.49. The van der Waals surface area contributed by atoms with Crippen molar-refractivity contribution in [3.8, 4) is 0 Å². The summed E-state index contributed by atoms with van der Waals surface area (Å²) in [5.41, 5.74) is 5.03. The Balaban J connectivity index is 1.60. The van der Waals surface area contributed by atoms with E-state index < -0.39 is 0 Å². The summed E-state index contributed by atoms with van der Waals surface area (Å²) in [4.78, 5) is 6.88. The van der Waals surface area contributed by atoms with E-state index in [0.29, 0.717) is 13.2 Å². The number of hydrogen-bond donors (Lipinski definition) is 2. The molecule has 1 saturated heterocycles. The minimum Gasteiger partial charge on any atom is -0.377 e. The molecule has 1 fully saturated rings. The minimum absolute atomic E-state index is 0.169. The maximum atomic E-state index is 5.59. The first-order valence-electron chi connectivity index (χ1n) is 10.7. The van der Waals surface area contributed by atoms with Crippen LogP contribution in [-0.2, 0) is 17.9 Å². The van der Waals surface area contributed by atoms with Crippen LogP contribution >= 0.6 is 0 Å². The zero-order valence-electron chi connectivity index (χ0n) is 17.9. The molecule has 5 heteroatoms. The molecule has 2 N–H and O–H groups in total. The lowest BCUT2D eigenvalue weighted by molar-refractivity contribution is 0.133. The van der Waals surface area contributed by atoms with Gasteiger partial charge in [-0.3, -0.25) is 4.99 Å². The molecule has 2 aromatic rings. The highest BCUT2D eigenvalue weighted by Crippen LogP contribution is 2.24. The molecule has 0 amide bonds. The number of guanidine groups is 1. The molecular formula is C24H34N4O. The van der Waals surface area contributed by atoms with Gasteiger partial charge in [0.15, 0.2) is 5.96 Å². The Labute approximate surface area is 175 Å². The Morgan fingerprint density at radius 1 is 1.10 bits per heavy atom. The van der Waals surface area contributed by atoms with E-state index in [1.807, 2.05) is 14.0 Å². The molecule has 156 valence electrons. The highest BCUT2D eigenvalue weighted by Gasteiger charge is 2.14. The Bertz CT molecular complexity index is 799. The van der Waals surface area contributed by atoms with Crippen LogP contribution in [0.2, 0.25) is 0 Å². The van der Waals surface area contributed by atoms with Gasteiger partial charge in [-0.2, -0.15) is 0 Å². The van der Waals surface area contributed by atoms with Gasteiger partial charge in [-0.1, -0.05) is 36.4 Å². The summed E-state index contributed by atoms with van der Waals surface area (Å²) in [5.74, 6) is 0.801. The molecule has 3 rings (SSSR count). The van der Waals surface area contributed by atoms with E-state index in [-0.39, 0.29) is 6.04 Å². The zero-order valence-corrected chi connectivity index (χ0v) is 17.9. The summed E-state index contributed by atoms with van der Waals surface area (Å²) in [7, 11) is 1.81. The lowest BCUT2D eigenvalue weighted by atomic mass is 10.1.